The Labute approximate surface area is 119 Å². The Bertz CT molecular complexity index is 446. The molecule has 0 aliphatic rings. The molecule has 0 bridgehead atoms. The van der Waals surface area contributed by atoms with Crippen molar-refractivity contribution >= 4 is 17.6 Å². The van der Waals surface area contributed by atoms with Crippen molar-refractivity contribution in [3.05, 3.63) is 29.8 Å². The highest BCUT2D eigenvalue weighted by atomic mass is 16.5. The maximum absolute atomic E-state index is 11.7. The molecule has 0 saturated carbocycles. The molecule has 0 aromatic heterocycles. The number of aryl methyl sites for hydroxylation is 1. The summed E-state index contributed by atoms with van der Waals surface area (Å²) in [5, 5.41) is 5.81. The van der Waals surface area contributed by atoms with Gasteiger partial charge in [0.1, 0.15) is 0 Å². The van der Waals surface area contributed by atoms with E-state index >= 15 is 0 Å². The first-order valence-corrected chi connectivity index (χ1v) is 6.84. The summed E-state index contributed by atoms with van der Waals surface area (Å²) in [5.74, 6) is -0.287. The number of ether oxygens (including phenoxy) is 1. The van der Waals surface area contributed by atoms with Gasteiger partial charge in [0.15, 0.2) is 0 Å². The summed E-state index contributed by atoms with van der Waals surface area (Å²) in [6, 6.07) is 7.64. The molecular weight excluding hydrogens is 256 g/mol. The molecule has 0 heterocycles. The van der Waals surface area contributed by atoms with Gasteiger partial charge in [-0.15, -0.1) is 0 Å². The molecule has 0 unspecified atom stereocenters. The van der Waals surface area contributed by atoms with Crippen LogP contribution in [0.25, 0.3) is 0 Å². The van der Waals surface area contributed by atoms with Crippen LogP contribution < -0.4 is 10.6 Å². The van der Waals surface area contributed by atoms with Crippen LogP contribution in [0.2, 0.25) is 0 Å². The summed E-state index contributed by atoms with van der Waals surface area (Å²) in [6.07, 6.45) is 1.04. The van der Waals surface area contributed by atoms with Gasteiger partial charge in [-0.3, -0.25) is 9.59 Å². The van der Waals surface area contributed by atoms with Crippen LogP contribution in [0.3, 0.4) is 0 Å². The molecule has 110 valence electrons. The number of amides is 1. The summed E-state index contributed by atoms with van der Waals surface area (Å²) in [7, 11) is 0. The molecule has 0 aliphatic heterocycles. The molecule has 0 saturated heterocycles. The molecule has 1 aromatic carbocycles. The molecule has 2 N–H and O–H groups in total. The molecule has 0 aliphatic carbocycles. The van der Waals surface area contributed by atoms with Crippen molar-refractivity contribution in [2.45, 2.75) is 26.7 Å². The second kappa shape index (κ2) is 9.09. The van der Waals surface area contributed by atoms with Crippen molar-refractivity contribution in [1.82, 2.24) is 5.32 Å². The van der Waals surface area contributed by atoms with E-state index < -0.39 is 0 Å². The first-order chi connectivity index (χ1) is 9.61. The first-order valence-electron chi connectivity index (χ1n) is 6.84. The third-order valence-electron chi connectivity index (χ3n) is 2.63. The van der Waals surface area contributed by atoms with Crippen LogP contribution >= 0.6 is 0 Å². The van der Waals surface area contributed by atoms with E-state index in [2.05, 4.69) is 10.6 Å². The number of hydrogen-bond donors (Lipinski definition) is 2. The van der Waals surface area contributed by atoms with E-state index in [0.717, 1.165) is 11.3 Å². The highest BCUT2D eigenvalue weighted by molar-refractivity contribution is 5.92. The molecule has 20 heavy (non-hydrogen) atoms. The summed E-state index contributed by atoms with van der Waals surface area (Å²) in [4.78, 5) is 22.7. The summed E-state index contributed by atoms with van der Waals surface area (Å²) >= 11 is 0. The van der Waals surface area contributed by atoms with E-state index in [4.69, 9.17) is 4.74 Å². The highest BCUT2D eigenvalue weighted by Gasteiger charge is 2.03. The summed E-state index contributed by atoms with van der Waals surface area (Å²) in [5.41, 5.74) is 1.90. The molecule has 0 spiro atoms. The second-order valence-electron chi connectivity index (χ2n) is 4.50. The van der Waals surface area contributed by atoms with E-state index in [-0.39, 0.29) is 18.4 Å². The lowest BCUT2D eigenvalue weighted by Crippen LogP contribution is -2.29. The Morgan fingerprint density at radius 1 is 1.30 bits per heavy atom. The fourth-order valence-corrected chi connectivity index (χ4v) is 1.72. The SMILES string of the molecule is CCOC(=O)CCCNCC(=O)Nc1cccc(C)c1. The van der Waals surface area contributed by atoms with Gasteiger partial charge >= 0.3 is 5.97 Å². The zero-order chi connectivity index (χ0) is 14.8. The number of esters is 1. The van der Waals surface area contributed by atoms with Gasteiger partial charge in [-0.25, -0.2) is 0 Å². The Morgan fingerprint density at radius 2 is 2.10 bits per heavy atom. The molecule has 1 rings (SSSR count). The van der Waals surface area contributed by atoms with Gasteiger partial charge in [0.2, 0.25) is 5.91 Å². The van der Waals surface area contributed by atoms with E-state index in [0.29, 0.717) is 26.0 Å². The minimum absolute atomic E-state index is 0.0910. The van der Waals surface area contributed by atoms with E-state index in [9.17, 15) is 9.59 Å². The number of carbonyl (C=O) groups excluding carboxylic acids is 2. The van der Waals surface area contributed by atoms with Gasteiger partial charge in [-0.2, -0.15) is 0 Å². The van der Waals surface area contributed by atoms with Gasteiger partial charge in [-0.05, 0) is 44.5 Å². The molecule has 1 amide bonds. The number of benzene rings is 1. The maximum atomic E-state index is 11.7. The molecule has 5 nitrogen and oxygen atoms in total. The summed E-state index contributed by atoms with van der Waals surface area (Å²) < 4.78 is 4.81. The van der Waals surface area contributed by atoms with Gasteiger partial charge in [-0.1, -0.05) is 12.1 Å². The van der Waals surface area contributed by atoms with Crippen LogP contribution in [0.15, 0.2) is 24.3 Å². The van der Waals surface area contributed by atoms with Crippen molar-refractivity contribution in [2.24, 2.45) is 0 Å². The predicted octanol–water partition coefficient (Wildman–Crippen LogP) is 1.87. The normalized spacial score (nSPS) is 10.1. The lowest BCUT2D eigenvalue weighted by Gasteiger charge is -2.07. The fraction of sp³-hybridized carbons (Fsp3) is 0.467. The number of anilines is 1. The van der Waals surface area contributed by atoms with Crippen LogP contribution in [0, 0.1) is 6.92 Å². The predicted molar refractivity (Wildman–Crippen MR) is 78.5 cm³/mol. The largest absolute Gasteiger partial charge is 0.466 e. The quantitative estimate of drug-likeness (QED) is 0.562. The molecule has 0 atom stereocenters. The van der Waals surface area contributed by atoms with Gasteiger partial charge in [0.05, 0.1) is 13.2 Å². The average molecular weight is 278 g/mol. The number of nitrogens with one attached hydrogen (secondary N) is 2. The summed E-state index contributed by atoms with van der Waals surface area (Å²) in [6.45, 7) is 5.01. The zero-order valence-corrected chi connectivity index (χ0v) is 12.1. The third-order valence-corrected chi connectivity index (χ3v) is 2.63. The maximum Gasteiger partial charge on any atom is 0.305 e. The van der Waals surface area contributed by atoms with Crippen molar-refractivity contribution < 1.29 is 14.3 Å². The van der Waals surface area contributed by atoms with Crippen LogP contribution in [-0.2, 0) is 14.3 Å². The lowest BCUT2D eigenvalue weighted by molar-refractivity contribution is -0.143. The second-order valence-corrected chi connectivity index (χ2v) is 4.50. The molecule has 5 heteroatoms. The third kappa shape index (κ3) is 6.89. The average Bonchev–Trinajstić information content (AvgIpc) is 2.38. The number of hydrogen-bond acceptors (Lipinski definition) is 4. The first kappa shape index (κ1) is 16.2. The van der Waals surface area contributed by atoms with Gasteiger partial charge in [0.25, 0.3) is 0 Å². The molecule has 1 aromatic rings. The number of rotatable bonds is 8. The highest BCUT2D eigenvalue weighted by Crippen LogP contribution is 2.08. The van der Waals surface area contributed by atoms with Crippen LogP contribution in [-0.4, -0.2) is 31.6 Å². The minimum atomic E-state index is -0.196. The fourth-order valence-electron chi connectivity index (χ4n) is 1.72. The smallest absolute Gasteiger partial charge is 0.305 e. The monoisotopic (exact) mass is 278 g/mol. The van der Waals surface area contributed by atoms with Crippen LogP contribution in [0.5, 0.6) is 0 Å². The Kier molecular flexibility index (Phi) is 7.35. The van der Waals surface area contributed by atoms with E-state index in [1.54, 1.807) is 6.92 Å². The van der Waals surface area contributed by atoms with Crippen LogP contribution in [0.4, 0.5) is 5.69 Å². The molecule has 0 fully saturated rings. The Hall–Kier alpha value is -1.88. The Morgan fingerprint density at radius 3 is 2.80 bits per heavy atom. The van der Waals surface area contributed by atoms with Crippen molar-refractivity contribution in [3.8, 4) is 0 Å². The van der Waals surface area contributed by atoms with Gasteiger partial charge < -0.3 is 15.4 Å². The van der Waals surface area contributed by atoms with Gasteiger partial charge in [0, 0.05) is 12.1 Å². The van der Waals surface area contributed by atoms with E-state index in [1.165, 1.54) is 0 Å². The van der Waals surface area contributed by atoms with Crippen molar-refractivity contribution in [1.29, 1.82) is 0 Å². The molecule has 0 radical (unpaired) electrons. The Balaban J connectivity index is 2.13. The van der Waals surface area contributed by atoms with E-state index in [1.807, 2.05) is 31.2 Å². The number of carbonyl (C=O) groups is 2. The topological polar surface area (TPSA) is 67.4 Å². The van der Waals surface area contributed by atoms with Crippen molar-refractivity contribution in [2.75, 3.05) is 25.0 Å². The minimum Gasteiger partial charge on any atom is -0.466 e. The molecular formula is C15H22N2O3. The van der Waals surface area contributed by atoms with Crippen molar-refractivity contribution in [3.63, 3.8) is 0 Å². The lowest BCUT2D eigenvalue weighted by atomic mass is 10.2. The standard InChI is InChI=1S/C15H22N2O3/c1-3-20-15(19)8-5-9-16-11-14(18)17-13-7-4-6-12(2)10-13/h4,6-7,10,16H,3,5,8-9,11H2,1-2H3,(H,17,18). The van der Waals surface area contributed by atoms with Crippen LogP contribution in [0.1, 0.15) is 25.3 Å². The zero-order valence-electron chi connectivity index (χ0n) is 12.1.